The highest BCUT2D eigenvalue weighted by molar-refractivity contribution is 7.17. The zero-order chi connectivity index (χ0) is 17.7. The van der Waals surface area contributed by atoms with Crippen molar-refractivity contribution in [3.8, 4) is 16.2 Å². The summed E-state index contributed by atoms with van der Waals surface area (Å²) in [4.78, 5) is 23.9. The number of carbonyl (C=O) groups excluding carboxylic acids is 1. The van der Waals surface area contributed by atoms with Crippen molar-refractivity contribution in [2.24, 2.45) is 5.92 Å². The number of thiophene rings is 1. The number of ether oxygens (including phenoxy) is 1. The lowest BCUT2D eigenvalue weighted by molar-refractivity contribution is -0.140. The van der Waals surface area contributed by atoms with Crippen molar-refractivity contribution >= 4 is 23.2 Å². The second kappa shape index (κ2) is 7.87. The highest BCUT2D eigenvalue weighted by atomic mass is 32.1. The molecule has 5 nitrogen and oxygen atoms in total. The van der Waals surface area contributed by atoms with Gasteiger partial charge in [0.05, 0.1) is 10.8 Å². The average molecular weight is 355 g/mol. The summed E-state index contributed by atoms with van der Waals surface area (Å²) in [6.07, 6.45) is 0. The Labute approximate surface area is 140 Å². The molecule has 0 aliphatic heterocycles. The van der Waals surface area contributed by atoms with Crippen LogP contribution < -0.4 is 10.1 Å². The number of halogens is 2. The first-order valence-corrected chi connectivity index (χ1v) is 7.84. The van der Waals surface area contributed by atoms with Gasteiger partial charge in [0.25, 0.3) is 5.91 Å². The van der Waals surface area contributed by atoms with E-state index in [1.165, 1.54) is 30.4 Å². The summed E-state index contributed by atoms with van der Waals surface area (Å²) in [5.74, 6) is -1.94. The first kappa shape index (κ1) is 17.9. The molecular formula is C16H15F2NO4S. The summed E-state index contributed by atoms with van der Waals surface area (Å²) in [6.45, 7) is -1.33. The van der Waals surface area contributed by atoms with E-state index in [9.17, 15) is 18.4 Å². The van der Waals surface area contributed by atoms with Crippen molar-refractivity contribution in [1.29, 1.82) is 0 Å². The van der Waals surface area contributed by atoms with Gasteiger partial charge in [-0.2, -0.15) is 8.78 Å². The molecule has 1 aromatic heterocycles. The van der Waals surface area contributed by atoms with Gasteiger partial charge in [0.1, 0.15) is 5.75 Å². The molecule has 2 N–H and O–H groups in total. The number of aliphatic carboxylic acids is 1. The van der Waals surface area contributed by atoms with Gasteiger partial charge in [-0.3, -0.25) is 9.59 Å². The molecule has 1 heterocycles. The molecule has 2 rings (SSSR count). The van der Waals surface area contributed by atoms with Gasteiger partial charge in [-0.25, -0.2) is 0 Å². The SMILES string of the molecule is CC(CNC(=O)c1ccc(-c2ccc(OC(F)F)cc2)s1)C(=O)O. The maximum atomic E-state index is 12.1. The number of alkyl halides is 2. The van der Waals surface area contributed by atoms with Gasteiger partial charge in [-0.1, -0.05) is 6.92 Å². The van der Waals surface area contributed by atoms with Crippen LogP contribution >= 0.6 is 11.3 Å². The van der Waals surface area contributed by atoms with Gasteiger partial charge in [-0.05, 0) is 42.0 Å². The third-order valence-electron chi connectivity index (χ3n) is 3.18. The van der Waals surface area contributed by atoms with E-state index >= 15 is 0 Å². The molecule has 0 aliphatic carbocycles. The molecule has 1 unspecified atom stereocenters. The monoisotopic (exact) mass is 355 g/mol. The zero-order valence-corrected chi connectivity index (χ0v) is 13.5. The van der Waals surface area contributed by atoms with Crippen LogP contribution in [0, 0.1) is 5.92 Å². The molecule has 0 bridgehead atoms. The minimum atomic E-state index is -2.87. The fourth-order valence-corrected chi connectivity index (χ4v) is 2.76. The quantitative estimate of drug-likeness (QED) is 0.797. The number of hydrogen-bond acceptors (Lipinski definition) is 4. The lowest BCUT2D eigenvalue weighted by Gasteiger charge is -2.07. The van der Waals surface area contributed by atoms with Gasteiger partial charge in [-0.15, -0.1) is 11.3 Å². The summed E-state index contributed by atoms with van der Waals surface area (Å²) in [5.41, 5.74) is 0.763. The van der Waals surface area contributed by atoms with Crippen molar-refractivity contribution in [2.45, 2.75) is 13.5 Å². The largest absolute Gasteiger partial charge is 0.481 e. The van der Waals surface area contributed by atoms with Crippen LogP contribution in [-0.2, 0) is 4.79 Å². The van der Waals surface area contributed by atoms with Crippen molar-refractivity contribution < 1.29 is 28.2 Å². The van der Waals surface area contributed by atoms with Gasteiger partial charge >= 0.3 is 12.6 Å². The van der Waals surface area contributed by atoms with E-state index in [0.29, 0.717) is 4.88 Å². The first-order valence-electron chi connectivity index (χ1n) is 7.03. The number of nitrogens with one attached hydrogen (secondary N) is 1. The molecule has 0 fully saturated rings. The Morgan fingerprint density at radius 3 is 2.46 bits per heavy atom. The third-order valence-corrected chi connectivity index (χ3v) is 4.32. The second-order valence-corrected chi connectivity index (χ2v) is 6.10. The minimum absolute atomic E-state index is 0.0427. The van der Waals surface area contributed by atoms with Gasteiger partial charge in [0.2, 0.25) is 0 Å². The Morgan fingerprint density at radius 2 is 1.88 bits per heavy atom. The van der Waals surface area contributed by atoms with E-state index in [0.717, 1.165) is 10.4 Å². The van der Waals surface area contributed by atoms with E-state index < -0.39 is 18.5 Å². The molecule has 1 aromatic carbocycles. The number of carbonyl (C=O) groups is 2. The van der Waals surface area contributed by atoms with Gasteiger partial charge < -0.3 is 15.2 Å². The number of rotatable bonds is 7. The van der Waals surface area contributed by atoms with E-state index in [1.807, 2.05) is 0 Å². The topological polar surface area (TPSA) is 75.6 Å². The van der Waals surface area contributed by atoms with Crippen molar-refractivity contribution in [3.05, 3.63) is 41.3 Å². The smallest absolute Gasteiger partial charge is 0.387 e. The van der Waals surface area contributed by atoms with Crippen LogP contribution in [0.2, 0.25) is 0 Å². The molecule has 0 aliphatic rings. The highest BCUT2D eigenvalue weighted by Crippen LogP contribution is 2.29. The predicted molar refractivity (Wildman–Crippen MR) is 85.5 cm³/mol. The molecule has 8 heteroatoms. The van der Waals surface area contributed by atoms with Gasteiger partial charge in [0.15, 0.2) is 0 Å². The summed E-state index contributed by atoms with van der Waals surface area (Å²) in [6, 6.07) is 9.47. The standard InChI is InChI=1S/C16H15F2NO4S/c1-9(15(21)22)8-19-14(20)13-7-6-12(24-13)10-2-4-11(5-3-10)23-16(17)18/h2-7,9,16H,8H2,1H3,(H,19,20)(H,21,22). The van der Waals surface area contributed by atoms with E-state index in [2.05, 4.69) is 10.1 Å². The molecule has 24 heavy (non-hydrogen) atoms. The molecule has 0 saturated carbocycles. The van der Waals surface area contributed by atoms with Gasteiger partial charge in [0, 0.05) is 11.4 Å². The van der Waals surface area contributed by atoms with E-state index in [4.69, 9.17) is 5.11 Å². The molecule has 0 radical (unpaired) electrons. The fourth-order valence-electron chi connectivity index (χ4n) is 1.84. The van der Waals surface area contributed by atoms with Crippen LogP contribution in [0.5, 0.6) is 5.75 Å². The van der Waals surface area contributed by atoms with Crippen LogP contribution in [0.4, 0.5) is 8.78 Å². The van der Waals surface area contributed by atoms with Crippen LogP contribution in [0.3, 0.4) is 0 Å². The lowest BCUT2D eigenvalue weighted by Crippen LogP contribution is -2.30. The molecule has 0 spiro atoms. The lowest BCUT2D eigenvalue weighted by atomic mass is 10.2. The number of hydrogen-bond donors (Lipinski definition) is 2. The van der Waals surface area contributed by atoms with E-state index in [-0.39, 0.29) is 18.2 Å². The number of benzene rings is 1. The molecule has 128 valence electrons. The predicted octanol–water partition coefficient (Wildman–Crippen LogP) is 3.47. The molecule has 0 saturated heterocycles. The normalized spacial score (nSPS) is 12.0. The molecule has 1 atom stereocenters. The van der Waals surface area contributed by atoms with Crippen LogP contribution in [0.1, 0.15) is 16.6 Å². The van der Waals surface area contributed by atoms with Crippen molar-refractivity contribution in [2.75, 3.05) is 6.54 Å². The third kappa shape index (κ3) is 4.76. The fraction of sp³-hybridized carbons (Fsp3) is 0.250. The van der Waals surface area contributed by atoms with Crippen LogP contribution in [-0.4, -0.2) is 30.1 Å². The number of amides is 1. The Hall–Kier alpha value is -2.48. The maximum absolute atomic E-state index is 12.1. The summed E-state index contributed by atoms with van der Waals surface area (Å²) >= 11 is 1.23. The minimum Gasteiger partial charge on any atom is -0.481 e. The summed E-state index contributed by atoms with van der Waals surface area (Å²) in [5, 5.41) is 11.4. The summed E-state index contributed by atoms with van der Waals surface area (Å²) in [7, 11) is 0. The van der Waals surface area contributed by atoms with Crippen LogP contribution in [0.25, 0.3) is 10.4 Å². The van der Waals surface area contributed by atoms with Crippen molar-refractivity contribution in [3.63, 3.8) is 0 Å². The van der Waals surface area contributed by atoms with Crippen molar-refractivity contribution in [1.82, 2.24) is 5.32 Å². The first-order chi connectivity index (χ1) is 11.4. The Balaban J connectivity index is 2.02. The molecule has 2 aromatic rings. The highest BCUT2D eigenvalue weighted by Gasteiger charge is 2.15. The number of carboxylic acids is 1. The Bertz CT molecular complexity index is 715. The summed E-state index contributed by atoms with van der Waals surface area (Å²) < 4.78 is 28.5. The average Bonchev–Trinajstić information content (AvgIpc) is 3.02. The number of carboxylic acid groups (broad SMARTS) is 1. The molecule has 1 amide bonds. The Morgan fingerprint density at radius 1 is 1.21 bits per heavy atom. The maximum Gasteiger partial charge on any atom is 0.387 e. The zero-order valence-electron chi connectivity index (χ0n) is 12.7. The Kier molecular flexibility index (Phi) is 5.86. The second-order valence-electron chi connectivity index (χ2n) is 5.02. The molecular weight excluding hydrogens is 340 g/mol. The van der Waals surface area contributed by atoms with Crippen LogP contribution in [0.15, 0.2) is 36.4 Å². The van der Waals surface area contributed by atoms with E-state index in [1.54, 1.807) is 24.3 Å².